The summed E-state index contributed by atoms with van der Waals surface area (Å²) in [6, 6.07) is 2.42. The van der Waals surface area contributed by atoms with E-state index in [0.29, 0.717) is 23.6 Å². The summed E-state index contributed by atoms with van der Waals surface area (Å²) < 4.78 is 13.3. The first-order valence-electron chi connectivity index (χ1n) is 5.52. The predicted molar refractivity (Wildman–Crippen MR) is 69.7 cm³/mol. The molecule has 18 heavy (non-hydrogen) atoms. The van der Waals surface area contributed by atoms with E-state index >= 15 is 0 Å². The van der Waals surface area contributed by atoms with Gasteiger partial charge in [0.2, 0.25) is 0 Å². The van der Waals surface area contributed by atoms with Crippen molar-refractivity contribution in [2.75, 3.05) is 6.54 Å². The number of hydrogen-bond acceptors (Lipinski definition) is 2. The van der Waals surface area contributed by atoms with Crippen LogP contribution in [0.5, 0.6) is 0 Å². The molecule has 3 nitrogen and oxygen atoms in total. The summed E-state index contributed by atoms with van der Waals surface area (Å²) in [4.78, 5) is 10.3. The highest BCUT2D eigenvalue weighted by Crippen LogP contribution is 2.32. The molecule has 0 aliphatic carbocycles. The van der Waals surface area contributed by atoms with Crippen LogP contribution in [0.1, 0.15) is 31.4 Å². The van der Waals surface area contributed by atoms with Crippen molar-refractivity contribution in [3.8, 4) is 0 Å². The van der Waals surface area contributed by atoms with Crippen LogP contribution in [-0.4, -0.2) is 17.6 Å². The topological polar surface area (TPSA) is 49.3 Å². The highest BCUT2D eigenvalue weighted by atomic mass is 35.5. The van der Waals surface area contributed by atoms with Gasteiger partial charge in [0.15, 0.2) is 0 Å². The first-order chi connectivity index (χ1) is 8.43. The molecule has 6 heteroatoms. The van der Waals surface area contributed by atoms with Gasteiger partial charge in [-0.15, -0.1) is 0 Å². The quantitative estimate of drug-likeness (QED) is 0.622. The minimum atomic E-state index is -0.841. The summed E-state index contributed by atoms with van der Waals surface area (Å²) in [7, 11) is 0. The highest BCUT2D eigenvalue weighted by molar-refractivity contribution is 6.36. The molecular weight excluding hydrogens is 280 g/mol. The van der Waals surface area contributed by atoms with Crippen LogP contribution in [0.2, 0.25) is 10.0 Å². The molecule has 1 aromatic rings. The third-order valence-electron chi connectivity index (χ3n) is 2.53. The van der Waals surface area contributed by atoms with Gasteiger partial charge in [0.1, 0.15) is 5.82 Å². The van der Waals surface area contributed by atoms with Gasteiger partial charge in [0.25, 0.3) is 0 Å². The molecule has 0 spiro atoms. The Hall–Kier alpha value is -0.840. The van der Waals surface area contributed by atoms with Crippen LogP contribution in [0.25, 0.3) is 0 Å². The second-order valence-corrected chi connectivity index (χ2v) is 4.72. The third-order valence-corrected chi connectivity index (χ3v) is 3.24. The molecule has 100 valence electrons. The molecule has 1 unspecified atom stereocenters. The number of halogens is 3. The van der Waals surface area contributed by atoms with Crippen LogP contribution in [0.4, 0.5) is 4.39 Å². The molecule has 2 N–H and O–H groups in total. The Morgan fingerprint density at radius 3 is 2.78 bits per heavy atom. The van der Waals surface area contributed by atoms with Crippen LogP contribution >= 0.6 is 23.2 Å². The van der Waals surface area contributed by atoms with E-state index in [1.165, 1.54) is 12.1 Å². The molecule has 1 atom stereocenters. The summed E-state index contributed by atoms with van der Waals surface area (Å²) in [6.45, 7) is 2.30. The van der Waals surface area contributed by atoms with E-state index in [1.807, 2.05) is 0 Å². The normalized spacial score (nSPS) is 12.4. The summed E-state index contributed by atoms with van der Waals surface area (Å²) in [5.41, 5.74) is 0.494. The van der Waals surface area contributed by atoms with Gasteiger partial charge < -0.3 is 10.4 Å². The van der Waals surface area contributed by atoms with E-state index in [0.717, 1.165) is 0 Å². The Morgan fingerprint density at radius 1 is 1.50 bits per heavy atom. The number of carbonyl (C=O) groups is 1. The van der Waals surface area contributed by atoms with Gasteiger partial charge >= 0.3 is 5.97 Å². The minimum absolute atomic E-state index is 0.000680. The number of nitrogens with one attached hydrogen (secondary N) is 1. The second-order valence-electron chi connectivity index (χ2n) is 3.93. The lowest BCUT2D eigenvalue weighted by Crippen LogP contribution is -2.21. The van der Waals surface area contributed by atoms with Gasteiger partial charge in [0, 0.05) is 23.0 Å². The van der Waals surface area contributed by atoms with Gasteiger partial charge in [-0.1, -0.05) is 23.2 Å². The molecule has 0 aliphatic rings. The zero-order valence-electron chi connectivity index (χ0n) is 9.84. The monoisotopic (exact) mass is 293 g/mol. The second kappa shape index (κ2) is 6.92. The standard InChI is InChI=1S/C12H14Cl2FNO2/c1-7(16-6-2-3-10(17)18)11-8(13)4-5-9(15)12(11)14/h4-5,7,16H,2-3,6H2,1H3,(H,17,18). The smallest absolute Gasteiger partial charge is 0.303 e. The van der Waals surface area contributed by atoms with Gasteiger partial charge in [-0.05, 0) is 32.0 Å². The average molecular weight is 294 g/mol. The van der Waals surface area contributed by atoms with Gasteiger partial charge in [-0.2, -0.15) is 0 Å². The van der Waals surface area contributed by atoms with Crippen LogP contribution in [0.15, 0.2) is 12.1 Å². The van der Waals surface area contributed by atoms with Gasteiger partial charge in [0.05, 0.1) is 5.02 Å². The fourth-order valence-electron chi connectivity index (χ4n) is 1.60. The summed E-state index contributed by atoms with van der Waals surface area (Å²) in [6.07, 6.45) is 0.578. The van der Waals surface area contributed by atoms with E-state index in [9.17, 15) is 9.18 Å². The van der Waals surface area contributed by atoms with E-state index in [1.54, 1.807) is 6.92 Å². The van der Waals surface area contributed by atoms with Crippen molar-refractivity contribution < 1.29 is 14.3 Å². The molecule has 0 fully saturated rings. The van der Waals surface area contributed by atoms with E-state index < -0.39 is 11.8 Å². The lowest BCUT2D eigenvalue weighted by atomic mass is 10.1. The Labute approximate surface area is 115 Å². The molecule has 1 aromatic carbocycles. The number of benzene rings is 1. The zero-order chi connectivity index (χ0) is 13.7. The molecule has 0 aromatic heterocycles. The number of aliphatic carboxylic acids is 1. The summed E-state index contributed by atoms with van der Waals surface area (Å²) in [5, 5.41) is 12.0. The first kappa shape index (κ1) is 15.2. The van der Waals surface area contributed by atoms with Crippen molar-refractivity contribution in [3.05, 3.63) is 33.6 Å². The van der Waals surface area contributed by atoms with Crippen LogP contribution in [0.3, 0.4) is 0 Å². The minimum Gasteiger partial charge on any atom is -0.481 e. The van der Waals surface area contributed by atoms with Crippen molar-refractivity contribution in [1.29, 1.82) is 0 Å². The number of carboxylic acid groups (broad SMARTS) is 1. The third kappa shape index (κ3) is 4.12. The predicted octanol–water partition coefficient (Wildman–Crippen LogP) is 3.65. The lowest BCUT2D eigenvalue weighted by molar-refractivity contribution is -0.137. The number of carboxylic acids is 1. The number of hydrogen-bond donors (Lipinski definition) is 2. The highest BCUT2D eigenvalue weighted by Gasteiger charge is 2.16. The SMILES string of the molecule is CC(NCCCC(=O)O)c1c(Cl)ccc(F)c1Cl. The van der Waals surface area contributed by atoms with E-state index in [-0.39, 0.29) is 17.5 Å². The summed E-state index contributed by atoms with van der Waals surface area (Å²) >= 11 is 11.8. The maximum Gasteiger partial charge on any atom is 0.303 e. The van der Waals surface area contributed by atoms with Crippen LogP contribution in [-0.2, 0) is 4.79 Å². The Kier molecular flexibility index (Phi) is 5.85. The lowest BCUT2D eigenvalue weighted by Gasteiger charge is -2.17. The maximum absolute atomic E-state index is 13.3. The maximum atomic E-state index is 13.3. The summed E-state index contributed by atoms with van der Waals surface area (Å²) in [5.74, 6) is -1.36. The Bertz CT molecular complexity index is 440. The molecule has 0 saturated heterocycles. The Balaban J connectivity index is 2.64. The first-order valence-corrected chi connectivity index (χ1v) is 6.27. The largest absolute Gasteiger partial charge is 0.481 e. The van der Waals surface area contributed by atoms with E-state index in [4.69, 9.17) is 28.3 Å². The van der Waals surface area contributed by atoms with Crippen molar-refractivity contribution in [2.24, 2.45) is 0 Å². The van der Waals surface area contributed by atoms with E-state index in [2.05, 4.69) is 5.32 Å². The van der Waals surface area contributed by atoms with Crippen LogP contribution < -0.4 is 5.32 Å². The average Bonchev–Trinajstić information content (AvgIpc) is 2.30. The number of rotatable bonds is 6. The Morgan fingerprint density at radius 2 is 2.17 bits per heavy atom. The fraction of sp³-hybridized carbons (Fsp3) is 0.417. The van der Waals surface area contributed by atoms with Gasteiger partial charge in [-0.25, -0.2) is 4.39 Å². The zero-order valence-corrected chi connectivity index (χ0v) is 11.4. The van der Waals surface area contributed by atoms with Crippen molar-refractivity contribution in [3.63, 3.8) is 0 Å². The van der Waals surface area contributed by atoms with Crippen molar-refractivity contribution in [1.82, 2.24) is 5.32 Å². The fourth-order valence-corrected chi connectivity index (χ4v) is 2.30. The van der Waals surface area contributed by atoms with Crippen molar-refractivity contribution >= 4 is 29.2 Å². The van der Waals surface area contributed by atoms with Crippen LogP contribution in [0, 0.1) is 5.82 Å². The van der Waals surface area contributed by atoms with Gasteiger partial charge in [-0.3, -0.25) is 4.79 Å². The molecule has 0 aliphatic heterocycles. The molecule has 0 bridgehead atoms. The molecule has 0 amide bonds. The molecule has 0 radical (unpaired) electrons. The molecule has 0 saturated carbocycles. The molecular formula is C12H14Cl2FNO2. The molecule has 1 rings (SSSR count). The molecule has 0 heterocycles. The van der Waals surface area contributed by atoms with Crippen molar-refractivity contribution in [2.45, 2.75) is 25.8 Å².